The Morgan fingerprint density at radius 1 is 0.871 bits per heavy atom. The van der Waals surface area contributed by atoms with Crippen molar-refractivity contribution in [1.82, 2.24) is 5.43 Å². The number of esters is 1. The molecule has 0 heterocycles. The summed E-state index contributed by atoms with van der Waals surface area (Å²) >= 11 is 0. The fourth-order valence-corrected chi connectivity index (χ4v) is 2.67. The summed E-state index contributed by atoms with van der Waals surface area (Å²) in [4.78, 5) is 36.0. The second-order valence-electron chi connectivity index (χ2n) is 6.80. The van der Waals surface area contributed by atoms with E-state index in [4.69, 9.17) is 4.74 Å². The van der Waals surface area contributed by atoms with Crippen molar-refractivity contribution < 1.29 is 19.1 Å². The second-order valence-corrected chi connectivity index (χ2v) is 6.80. The Kier molecular flexibility index (Phi) is 6.90. The van der Waals surface area contributed by atoms with Crippen LogP contribution in [0.4, 0.5) is 5.69 Å². The number of para-hydroxylation sites is 1. The number of benzene rings is 3. The number of hydrogen-bond acceptors (Lipinski definition) is 5. The van der Waals surface area contributed by atoms with Crippen LogP contribution in [0.15, 0.2) is 77.9 Å². The highest BCUT2D eigenvalue weighted by Crippen LogP contribution is 2.15. The fourth-order valence-electron chi connectivity index (χ4n) is 2.67. The van der Waals surface area contributed by atoms with Crippen LogP contribution >= 0.6 is 0 Å². The van der Waals surface area contributed by atoms with Crippen LogP contribution in [0.2, 0.25) is 0 Å². The topological polar surface area (TPSA) is 96.9 Å². The summed E-state index contributed by atoms with van der Waals surface area (Å²) in [5.74, 6) is -1.77. The molecule has 7 heteroatoms. The van der Waals surface area contributed by atoms with Crippen LogP contribution in [0.3, 0.4) is 0 Å². The summed E-state index contributed by atoms with van der Waals surface area (Å²) in [6.45, 7) is 3.73. The Labute approximate surface area is 179 Å². The molecule has 0 fully saturated rings. The van der Waals surface area contributed by atoms with Gasteiger partial charge < -0.3 is 10.1 Å². The Bertz CT molecular complexity index is 1140. The van der Waals surface area contributed by atoms with Gasteiger partial charge in [-0.05, 0) is 67.4 Å². The minimum atomic E-state index is -0.886. The number of aryl methyl sites for hydroxylation is 2. The van der Waals surface area contributed by atoms with Crippen LogP contribution in [0.1, 0.15) is 27.0 Å². The Hall–Kier alpha value is -4.26. The third kappa shape index (κ3) is 6.11. The molecule has 0 aliphatic carbocycles. The van der Waals surface area contributed by atoms with Gasteiger partial charge in [-0.25, -0.2) is 10.2 Å². The zero-order chi connectivity index (χ0) is 22.2. The van der Waals surface area contributed by atoms with Gasteiger partial charge in [0.2, 0.25) is 0 Å². The molecule has 0 aliphatic rings. The number of anilines is 1. The third-order valence-corrected chi connectivity index (χ3v) is 4.32. The van der Waals surface area contributed by atoms with E-state index >= 15 is 0 Å². The molecule has 0 radical (unpaired) electrons. The number of nitrogens with zero attached hydrogens (tertiary/aromatic N) is 1. The molecule has 0 unspecified atom stereocenters. The summed E-state index contributed by atoms with van der Waals surface area (Å²) in [6.07, 6.45) is 1.38. The lowest BCUT2D eigenvalue weighted by Crippen LogP contribution is -2.32. The van der Waals surface area contributed by atoms with Crippen molar-refractivity contribution in [3.8, 4) is 5.75 Å². The lowest BCUT2D eigenvalue weighted by atomic mass is 10.1. The van der Waals surface area contributed by atoms with Gasteiger partial charge in [-0.15, -0.1) is 0 Å². The van der Waals surface area contributed by atoms with Crippen molar-refractivity contribution >= 4 is 29.7 Å². The van der Waals surface area contributed by atoms with Gasteiger partial charge in [0, 0.05) is 5.69 Å². The van der Waals surface area contributed by atoms with Crippen LogP contribution in [0.5, 0.6) is 5.75 Å². The largest absolute Gasteiger partial charge is 0.423 e. The quantitative estimate of drug-likeness (QED) is 0.219. The van der Waals surface area contributed by atoms with E-state index in [9.17, 15) is 14.4 Å². The monoisotopic (exact) mass is 415 g/mol. The van der Waals surface area contributed by atoms with E-state index in [-0.39, 0.29) is 0 Å². The average molecular weight is 415 g/mol. The highest BCUT2D eigenvalue weighted by molar-refractivity contribution is 6.39. The fraction of sp³-hybridized carbons (Fsp3) is 0.0833. The zero-order valence-electron chi connectivity index (χ0n) is 17.1. The van der Waals surface area contributed by atoms with Gasteiger partial charge in [-0.2, -0.15) is 5.10 Å². The molecule has 156 valence electrons. The number of ether oxygens (including phenoxy) is 1. The van der Waals surface area contributed by atoms with Gasteiger partial charge in [0.1, 0.15) is 5.75 Å². The predicted molar refractivity (Wildman–Crippen MR) is 118 cm³/mol. The standard InChI is InChI=1S/C24H21N3O4/c1-16-6-5-8-19(14-16)24(30)31-20-12-10-18(11-13-20)15-25-27-23(29)22(28)26-21-9-4-3-7-17(21)2/h3-15H,1-2H3,(H,26,28)(H,27,29). The third-order valence-electron chi connectivity index (χ3n) is 4.32. The Morgan fingerprint density at radius 2 is 1.61 bits per heavy atom. The zero-order valence-corrected chi connectivity index (χ0v) is 17.1. The van der Waals surface area contributed by atoms with Crippen LogP contribution in [0, 0.1) is 13.8 Å². The first-order valence-corrected chi connectivity index (χ1v) is 9.51. The van der Waals surface area contributed by atoms with Crippen molar-refractivity contribution in [1.29, 1.82) is 0 Å². The molecule has 7 nitrogen and oxygen atoms in total. The first-order valence-electron chi connectivity index (χ1n) is 9.51. The predicted octanol–water partition coefficient (Wildman–Crippen LogP) is 3.61. The number of carbonyl (C=O) groups excluding carboxylic acids is 3. The van der Waals surface area contributed by atoms with E-state index in [0.717, 1.165) is 11.1 Å². The molecule has 2 amide bonds. The first kappa shape index (κ1) is 21.4. The van der Waals surface area contributed by atoms with Crippen molar-refractivity contribution in [3.05, 3.63) is 95.1 Å². The lowest BCUT2D eigenvalue weighted by Gasteiger charge is -2.06. The highest BCUT2D eigenvalue weighted by atomic mass is 16.5. The average Bonchev–Trinajstić information content (AvgIpc) is 2.76. The Morgan fingerprint density at radius 3 is 2.32 bits per heavy atom. The lowest BCUT2D eigenvalue weighted by molar-refractivity contribution is -0.136. The number of nitrogens with one attached hydrogen (secondary N) is 2. The number of rotatable bonds is 5. The van der Waals surface area contributed by atoms with E-state index in [0.29, 0.717) is 22.6 Å². The summed E-state index contributed by atoms with van der Waals surface area (Å²) in [5, 5.41) is 6.31. The molecule has 0 saturated carbocycles. The van der Waals surface area contributed by atoms with Gasteiger partial charge in [0.15, 0.2) is 0 Å². The molecule has 0 aromatic heterocycles. The molecule has 3 aromatic carbocycles. The van der Waals surface area contributed by atoms with Crippen LogP contribution < -0.4 is 15.5 Å². The highest BCUT2D eigenvalue weighted by Gasteiger charge is 2.13. The molecule has 0 saturated heterocycles. The van der Waals surface area contributed by atoms with Crippen LogP contribution in [0.25, 0.3) is 0 Å². The maximum atomic E-state index is 12.2. The molecule has 0 atom stereocenters. The summed E-state index contributed by atoms with van der Waals surface area (Å²) in [7, 11) is 0. The molecule has 31 heavy (non-hydrogen) atoms. The molecule has 3 rings (SSSR count). The normalized spacial score (nSPS) is 10.5. The van der Waals surface area contributed by atoms with E-state index in [1.54, 1.807) is 54.6 Å². The molecule has 2 N–H and O–H groups in total. The number of hydrazone groups is 1. The van der Waals surface area contributed by atoms with Crippen molar-refractivity contribution in [2.75, 3.05) is 5.32 Å². The van der Waals surface area contributed by atoms with Crippen LogP contribution in [-0.2, 0) is 9.59 Å². The van der Waals surface area contributed by atoms with E-state index in [2.05, 4.69) is 15.8 Å². The van der Waals surface area contributed by atoms with Crippen molar-refractivity contribution in [2.45, 2.75) is 13.8 Å². The number of carbonyl (C=O) groups is 3. The maximum Gasteiger partial charge on any atom is 0.343 e. The maximum absolute atomic E-state index is 12.2. The van der Waals surface area contributed by atoms with Gasteiger partial charge >= 0.3 is 17.8 Å². The van der Waals surface area contributed by atoms with Gasteiger partial charge in [-0.3, -0.25) is 9.59 Å². The van der Waals surface area contributed by atoms with Gasteiger partial charge in [0.25, 0.3) is 0 Å². The second kappa shape index (κ2) is 9.98. The smallest absolute Gasteiger partial charge is 0.343 e. The van der Waals surface area contributed by atoms with Crippen molar-refractivity contribution in [2.24, 2.45) is 5.10 Å². The van der Waals surface area contributed by atoms with Gasteiger partial charge in [0.05, 0.1) is 11.8 Å². The number of amides is 2. The minimum absolute atomic E-state index is 0.380. The van der Waals surface area contributed by atoms with Crippen molar-refractivity contribution in [3.63, 3.8) is 0 Å². The summed E-state index contributed by atoms with van der Waals surface area (Å²) in [6, 6.07) is 20.8. The summed E-state index contributed by atoms with van der Waals surface area (Å²) in [5.41, 5.74) is 5.66. The van der Waals surface area contributed by atoms with E-state index in [1.807, 2.05) is 32.0 Å². The molecule has 3 aromatic rings. The Balaban J connectivity index is 1.52. The van der Waals surface area contributed by atoms with Gasteiger partial charge in [-0.1, -0.05) is 35.9 Å². The minimum Gasteiger partial charge on any atom is -0.423 e. The molecule has 0 spiro atoms. The van der Waals surface area contributed by atoms with Crippen LogP contribution in [-0.4, -0.2) is 24.0 Å². The van der Waals surface area contributed by atoms with E-state index < -0.39 is 17.8 Å². The molecular formula is C24H21N3O4. The molecular weight excluding hydrogens is 394 g/mol. The molecule has 0 bridgehead atoms. The summed E-state index contributed by atoms with van der Waals surface area (Å²) < 4.78 is 5.34. The molecule has 0 aliphatic heterocycles. The van der Waals surface area contributed by atoms with E-state index in [1.165, 1.54) is 6.21 Å². The SMILES string of the molecule is Cc1cccc(C(=O)Oc2ccc(C=NNC(=O)C(=O)Nc3ccccc3C)cc2)c1. The first-order chi connectivity index (χ1) is 14.9. The number of hydrogen-bond donors (Lipinski definition) is 2.